The first kappa shape index (κ1) is 15.3. The van der Waals surface area contributed by atoms with Crippen LogP contribution in [0.5, 0.6) is 0 Å². The van der Waals surface area contributed by atoms with Crippen molar-refractivity contribution >= 4 is 24.5 Å². The van der Waals surface area contributed by atoms with Crippen LogP contribution in [0.1, 0.15) is 40.5 Å². The van der Waals surface area contributed by atoms with E-state index in [9.17, 15) is 9.59 Å². The second-order valence-electron chi connectivity index (χ2n) is 5.76. The van der Waals surface area contributed by atoms with Gasteiger partial charge in [-0.15, -0.1) is 0 Å². The van der Waals surface area contributed by atoms with Gasteiger partial charge >= 0.3 is 5.97 Å². The SMILES string of the molecule is CC[C@H](C(=O)OC(C)(C)C)N1CC(CS)CC1=O. The van der Waals surface area contributed by atoms with Crippen LogP contribution in [0.3, 0.4) is 0 Å². The molecule has 0 N–H and O–H groups in total. The van der Waals surface area contributed by atoms with Crippen molar-refractivity contribution in [3.8, 4) is 0 Å². The zero-order valence-electron chi connectivity index (χ0n) is 11.6. The summed E-state index contributed by atoms with van der Waals surface area (Å²) in [6, 6.07) is -0.457. The molecule has 0 aromatic heterocycles. The molecule has 1 rings (SSSR count). The van der Waals surface area contributed by atoms with Gasteiger partial charge in [-0.2, -0.15) is 12.6 Å². The van der Waals surface area contributed by atoms with Gasteiger partial charge in [-0.3, -0.25) is 4.79 Å². The quantitative estimate of drug-likeness (QED) is 0.628. The van der Waals surface area contributed by atoms with E-state index in [1.165, 1.54) is 0 Å². The predicted molar refractivity (Wildman–Crippen MR) is 73.6 cm³/mol. The van der Waals surface area contributed by atoms with Crippen molar-refractivity contribution in [2.24, 2.45) is 5.92 Å². The molecule has 0 aromatic rings. The molecule has 0 radical (unpaired) electrons. The Labute approximate surface area is 114 Å². The summed E-state index contributed by atoms with van der Waals surface area (Å²) in [5.41, 5.74) is -0.518. The van der Waals surface area contributed by atoms with Crippen molar-refractivity contribution in [2.45, 2.75) is 52.2 Å². The summed E-state index contributed by atoms with van der Waals surface area (Å²) in [5.74, 6) is 0.648. The van der Waals surface area contributed by atoms with Crippen LogP contribution in [-0.2, 0) is 14.3 Å². The van der Waals surface area contributed by atoms with Gasteiger partial charge in [0.2, 0.25) is 5.91 Å². The highest BCUT2D eigenvalue weighted by Gasteiger charge is 2.37. The van der Waals surface area contributed by atoms with Crippen LogP contribution in [0.4, 0.5) is 0 Å². The molecule has 104 valence electrons. The Hall–Kier alpha value is -0.710. The highest BCUT2D eigenvalue weighted by molar-refractivity contribution is 7.80. The fourth-order valence-corrected chi connectivity index (χ4v) is 2.36. The third kappa shape index (κ3) is 3.90. The van der Waals surface area contributed by atoms with Crippen molar-refractivity contribution in [1.82, 2.24) is 4.90 Å². The molecule has 4 nitrogen and oxygen atoms in total. The van der Waals surface area contributed by atoms with Crippen LogP contribution >= 0.6 is 12.6 Å². The van der Waals surface area contributed by atoms with Gasteiger partial charge < -0.3 is 9.64 Å². The Morgan fingerprint density at radius 2 is 2.17 bits per heavy atom. The lowest BCUT2D eigenvalue weighted by Crippen LogP contribution is -2.45. The molecule has 0 bridgehead atoms. The summed E-state index contributed by atoms with van der Waals surface area (Å²) < 4.78 is 5.37. The van der Waals surface area contributed by atoms with Gasteiger partial charge in [0.05, 0.1) is 0 Å². The average Bonchev–Trinajstić information content (AvgIpc) is 2.59. The molecule has 2 atom stereocenters. The molecular weight excluding hydrogens is 250 g/mol. The molecule has 1 aliphatic heterocycles. The molecule has 0 spiro atoms. The number of rotatable bonds is 4. The zero-order valence-corrected chi connectivity index (χ0v) is 12.5. The number of ether oxygens (including phenoxy) is 1. The zero-order chi connectivity index (χ0) is 13.9. The van der Waals surface area contributed by atoms with Crippen LogP contribution in [0.15, 0.2) is 0 Å². The van der Waals surface area contributed by atoms with Crippen molar-refractivity contribution in [2.75, 3.05) is 12.3 Å². The third-order valence-corrected chi connectivity index (χ3v) is 3.45. The fourth-order valence-electron chi connectivity index (χ4n) is 2.12. The number of thiol groups is 1. The molecule has 1 amide bonds. The normalized spacial score (nSPS) is 22.2. The summed E-state index contributed by atoms with van der Waals surface area (Å²) in [7, 11) is 0. The average molecular weight is 273 g/mol. The first-order valence-electron chi connectivity index (χ1n) is 6.41. The van der Waals surface area contributed by atoms with Gasteiger partial charge in [-0.05, 0) is 38.9 Å². The summed E-state index contributed by atoms with van der Waals surface area (Å²) >= 11 is 4.22. The largest absolute Gasteiger partial charge is 0.458 e. The van der Waals surface area contributed by atoms with E-state index in [0.29, 0.717) is 25.1 Å². The smallest absolute Gasteiger partial charge is 0.329 e. The topological polar surface area (TPSA) is 46.6 Å². The van der Waals surface area contributed by atoms with E-state index in [1.54, 1.807) is 4.90 Å². The van der Waals surface area contributed by atoms with Crippen LogP contribution in [-0.4, -0.2) is 40.7 Å². The Morgan fingerprint density at radius 3 is 2.56 bits per heavy atom. The van der Waals surface area contributed by atoms with E-state index in [2.05, 4.69) is 12.6 Å². The van der Waals surface area contributed by atoms with Gasteiger partial charge in [0.15, 0.2) is 0 Å². The number of carbonyl (C=O) groups is 2. The predicted octanol–water partition coefficient (Wildman–Crippen LogP) is 1.89. The van der Waals surface area contributed by atoms with E-state index in [1.807, 2.05) is 27.7 Å². The second kappa shape index (κ2) is 5.95. The second-order valence-corrected chi connectivity index (χ2v) is 6.12. The van der Waals surface area contributed by atoms with E-state index < -0.39 is 11.6 Å². The van der Waals surface area contributed by atoms with Crippen molar-refractivity contribution in [3.05, 3.63) is 0 Å². The van der Waals surface area contributed by atoms with Crippen LogP contribution in [0.25, 0.3) is 0 Å². The monoisotopic (exact) mass is 273 g/mol. The molecule has 1 fully saturated rings. The lowest BCUT2D eigenvalue weighted by molar-refractivity contribution is -0.163. The number of nitrogens with zero attached hydrogens (tertiary/aromatic N) is 1. The Kier molecular flexibility index (Phi) is 5.08. The Bertz CT molecular complexity index is 325. The van der Waals surface area contributed by atoms with Crippen molar-refractivity contribution < 1.29 is 14.3 Å². The van der Waals surface area contributed by atoms with Crippen molar-refractivity contribution in [3.63, 3.8) is 0 Å². The summed E-state index contributed by atoms with van der Waals surface area (Å²) in [5, 5.41) is 0. The molecule has 1 heterocycles. The molecule has 0 saturated carbocycles. The minimum atomic E-state index is -0.518. The van der Waals surface area contributed by atoms with E-state index >= 15 is 0 Å². The van der Waals surface area contributed by atoms with Crippen LogP contribution < -0.4 is 0 Å². The molecule has 0 aliphatic carbocycles. The maximum absolute atomic E-state index is 12.1. The van der Waals surface area contributed by atoms with E-state index in [4.69, 9.17) is 4.74 Å². The molecule has 1 unspecified atom stereocenters. The molecular formula is C13H23NO3S. The minimum absolute atomic E-state index is 0.0340. The fraction of sp³-hybridized carbons (Fsp3) is 0.846. The number of amides is 1. The van der Waals surface area contributed by atoms with Crippen molar-refractivity contribution in [1.29, 1.82) is 0 Å². The first-order valence-corrected chi connectivity index (χ1v) is 7.05. The maximum atomic E-state index is 12.1. The number of hydrogen-bond acceptors (Lipinski definition) is 4. The van der Waals surface area contributed by atoms with Crippen LogP contribution in [0, 0.1) is 5.92 Å². The molecule has 0 aromatic carbocycles. The van der Waals surface area contributed by atoms with Gasteiger partial charge in [0, 0.05) is 13.0 Å². The third-order valence-electron chi connectivity index (χ3n) is 2.94. The number of hydrogen-bond donors (Lipinski definition) is 1. The minimum Gasteiger partial charge on any atom is -0.458 e. The Balaban J connectivity index is 2.72. The Morgan fingerprint density at radius 1 is 1.56 bits per heavy atom. The highest BCUT2D eigenvalue weighted by atomic mass is 32.1. The highest BCUT2D eigenvalue weighted by Crippen LogP contribution is 2.24. The summed E-state index contributed by atoms with van der Waals surface area (Å²) in [4.78, 5) is 25.6. The van der Waals surface area contributed by atoms with E-state index in [-0.39, 0.29) is 17.8 Å². The number of likely N-dealkylation sites (tertiary alicyclic amines) is 1. The summed E-state index contributed by atoms with van der Waals surface area (Å²) in [6.45, 7) is 8.01. The summed E-state index contributed by atoms with van der Waals surface area (Å²) in [6.07, 6.45) is 1.07. The molecule has 1 saturated heterocycles. The standard InChI is InChI=1S/C13H23NO3S/c1-5-10(12(16)17-13(2,3)4)14-7-9(8-18)6-11(14)15/h9-10,18H,5-8H2,1-4H3/t9?,10-/m1/s1. The van der Waals surface area contributed by atoms with Crippen LogP contribution in [0.2, 0.25) is 0 Å². The lowest BCUT2D eigenvalue weighted by Gasteiger charge is -2.29. The number of carbonyl (C=O) groups excluding carboxylic acids is 2. The van der Waals surface area contributed by atoms with E-state index in [0.717, 1.165) is 0 Å². The van der Waals surface area contributed by atoms with Gasteiger partial charge in [-0.1, -0.05) is 6.92 Å². The maximum Gasteiger partial charge on any atom is 0.329 e. The molecule has 5 heteroatoms. The number of esters is 1. The first-order chi connectivity index (χ1) is 8.28. The van der Waals surface area contributed by atoms with Gasteiger partial charge in [-0.25, -0.2) is 4.79 Å². The lowest BCUT2D eigenvalue weighted by atomic mass is 10.1. The molecule has 18 heavy (non-hydrogen) atoms. The molecule has 1 aliphatic rings. The van der Waals surface area contributed by atoms with Gasteiger partial charge in [0.1, 0.15) is 11.6 Å². The van der Waals surface area contributed by atoms with Gasteiger partial charge in [0.25, 0.3) is 0 Å².